The molecule has 4 aromatic rings. The summed E-state index contributed by atoms with van der Waals surface area (Å²) in [4.78, 5) is 25.2. The fourth-order valence-electron chi connectivity index (χ4n) is 5.19. The summed E-state index contributed by atoms with van der Waals surface area (Å²) in [6.45, 7) is 5.19. The highest BCUT2D eigenvalue weighted by molar-refractivity contribution is 5.82. The molecule has 2 aliphatic heterocycles. The molecule has 0 aliphatic carbocycles. The van der Waals surface area contributed by atoms with Crippen molar-refractivity contribution in [2.24, 2.45) is 0 Å². The first-order chi connectivity index (χ1) is 16.6. The summed E-state index contributed by atoms with van der Waals surface area (Å²) in [7, 11) is 0. The molecule has 2 aliphatic rings. The lowest BCUT2D eigenvalue weighted by atomic mass is 9.99. The maximum atomic E-state index is 13.4. The van der Waals surface area contributed by atoms with Crippen LogP contribution >= 0.6 is 0 Å². The van der Waals surface area contributed by atoms with Gasteiger partial charge in [-0.15, -0.1) is 0 Å². The number of likely N-dealkylation sites (tertiary alicyclic amines) is 1. The molecular weight excluding hydrogens is 424 g/mol. The molecule has 6 rings (SSSR count). The summed E-state index contributed by atoms with van der Waals surface area (Å²) >= 11 is 0. The fraction of sp³-hybridized carbons (Fsp3) is 0.286. The van der Waals surface area contributed by atoms with E-state index in [9.17, 15) is 4.79 Å². The van der Waals surface area contributed by atoms with Gasteiger partial charge >= 0.3 is 6.03 Å². The van der Waals surface area contributed by atoms with Gasteiger partial charge in [0.1, 0.15) is 18.2 Å². The number of carbonyl (C=O) groups is 1. The monoisotopic (exact) mass is 452 g/mol. The number of hydrogen-bond donors (Lipinski definition) is 1. The molecule has 3 heterocycles. The number of rotatable bonds is 2. The van der Waals surface area contributed by atoms with E-state index in [1.807, 2.05) is 34.9 Å². The van der Waals surface area contributed by atoms with Crippen LogP contribution < -0.4 is 4.74 Å². The molecule has 2 amide bonds. The molecular formula is C28H28N4O2. The first kappa shape index (κ1) is 20.8. The van der Waals surface area contributed by atoms with Gasteiger partial charge in [-0.2, -0.15) is 0 Å². The summed E-state index contributed by atoms with van der Waals surface area (Å²) in [6.07, 6.45) is 1.01. The fourth-order valence-corrected chi connectivity index (χ4v) is 5.19. The minimum absolute atomic E-state index is 0.106. The van der Waals surface area contributed by atoms with Crippen molar-refractivity contribution in [2.75, 3.05) is 26.2 Å². The zero-order chi connectivity index (χ0) is 23.1. The third-order valence-electron chi connectivity index (χ3n) is 6.97. The molecule has 6 heteroatoms. The van der Waals surface area contributed by atoms with Gasteiger partial charge in [-0.1, -0.05) is 42.5 Å². The Kier molecular flexibility index (Phi) is 5.21. The Bertz CT molecular complexity index is 1350. The number of aryl methyl sites for hydroxylation is 1. The lowest BCUT2D eigenvalue weighted by Crippen LogP contribution is -2.42. The Morgan fingerprint density at radius 3 is 2.71 bits per heavy atom. The molecule has 0 saturated carbocycles. The van der Waals surface area contributed by atoms with Crippen molar-refractivity contribution >= 4 is 17.1 Å². The summed E-state index contributed by atoms with van der Waals surface area (Å²) in [5, 5.41) is 0. The largest absolute Gasteiger partial charge is 0.491 e. The second-order valence-corrected chi connectivity index (χ2v) is 9.27. The standard InChI is InChI=1S/C28H28N4O2/c1-19-29-25-9-7-22(16-26(25)30-19)21-8-10-27-24(15-21)18-32(13-14-34-27)28(33)31-12-11-23(17-31)20-5-3-2-4-6-20/h2-10,15-16,23H,11-14,17-18H2,1H3,(H,29,30). The summed E-state index contributed by atoms with van der Waals surface area (Å²) in [5.41, 5.74) is 6.58. The van der Waals surface area contributed by atoms with Crippen LogP contribution in [0.3, 0.4) is 0 Å². The van der Waals surface area contributed by atoms with Gasteiger partial charge in [0, 0.05) is 24.6 Å². The van der Waals surface area contributed by atoms with E-state index in [1.54, 1.807) is 0 Å². The van der Waals surface area contributed by atoms with E-state index in [4.69, 9.17) is 4.74 Å². The third-order valence-corrected chi connectivity index (χ3v) is 6.97. The second-order valence-electron chi connectivity index (χ2n) is 9.27. The van der Waals surface area contributed by atoms with E-state index in [2.05, 4.69) is 58.5 Å². The number of nitrogens with zero attached hydrogens (tertiary/aromatic N) is 3. The van der Waals surface area contributed by atoms with Crippen molar-refractivity contribution < 1.29 is 9.53 Å². The Morgan fingerprint density at radius 2 is 1.82 bits per heavy atom. The molecule has 0 radical (unpaired) electrons. The van der Waals surface area contributed by atoms with Crippen molar-refractivity contribution in [2.45, 2.75) is 25.8 Å². The van der Waals surface area contributed by atoms with Gasteiger partial charge in [0.25, 0.3) is 0 Å². The van der Waals surface area contributed by atoms with Gasteiger partial charge in [0.2, 0.25) is 0 Å². The number of aromatic amines is 1. The number of ether oxygens (including phenoxy) is 1. The number of benzene rings is 3. The average molecular weight is 453 g/mol. The Morgan fingerprint density at radius 1 is 1.00 bits per heavy atom. The van der Waals surface area contributed by atoms with Crippen LogP contribution in [0, 0.1) is 6.92 Å². The van der Waals surface area contributed by atoms with E-state index in [1.165, 1.54) is 5.56 Å². The second kappa shape index (κ2) is 8.52. The van der Waals surface area contributed by atoms with Gasteiger partial charge in [-0.25, -0.2) is 9.78 Å². The molecule has 0 bridgehead atoms. The SMILES string of the molecule is Cc1nc2ccc(-c3ccc4c(c3)CN(C(=O)N3CCC(c5ccccc5)C3)CCO4)cc2[nH]1. The minimum atomic E-state index is 0.106. The number of fused-ring (bicyclic) bond motifs is 2. The van der Waals surface area contributed by atoms with Crippen molar-refractivity contribution in [1.29, 1.82) is 0 Å². The number of H-pyrrole nitrogens is 1. The molecule has 6 nitrogen and oxygen atoms in total. The number of amides is 2. The van der Waals surface area contributed by atoms with Crippen LogP contribution in [-0.2, 0) is 6.54 Å². The number of carbonyl (C=O) groups excluding carboxylic acids is 1. The normalized spacial score (nSPS) is 18.0. The van der Waals surface area contributed by atoms with Crippen LogP contribution in [0.1, 0.15) is 29.3 Å². The van der Waals surface area contributed by atoms with Gasteiger partial charge in [-0.3, -0.25) is 0 Å². The summed E-state index contributed by atoms with van der Waals surface area (Å²) in [6, 6.07) is 23.2. The minimum Gasteiger partial charge on any atom is -0.491 e. The maximum Gasteiger partial charge on any atom is 0.320 e. The van der Waals surface area contributed by atoms with Gasteiger partial charge in [0.15, 0.2) is 0 Å². The van der Waals surface area contributed by atoms with Crippen LogP contribution in [0.2, 0.25) is 0 Å². The lowest BCUT2D eigenvalue weighted by molar-refractivity contribution is 0.154. The molecule has 1 aromatic heterocycles. The summed E-state index contributed by atoms with van der Waals surface area (Å²) < 4.78 is 6.02. The first-order valence-electron chi connectivity index (χ1n) is 12.0. The molecule has 1 fully saturated rings. The predicted octanol–water partition coefficient (Wildman–Crippen LogP) is 5.34. The van der Waals surface area contributed by atoms with Crippen molar-refractivity contribution in [1.82, 2.24) is 19.8 Å². The molecule has 1 N–H and O–H groups in total. The summed E-state index contributed by atoms with van der Waals surface area (Å²) in [5.74, 6) is 2.18. The zero-order valence-electron chi connectivity index (χ0n) is 19.3. The smallest absolute Gasteiger partial charge is 0.320 e. The highest BCUT2D eigenvalue weighted by atomic mass is 16.5. The highest BCUT2D eigenvalue weighted by Crippen LogP contribution is 2.32. The van der Waals surface area contributed by atoms with Gasteiger partial charge < -0.3 is 19.5 Å². The van der Waals surface area contributed by atoms with Crippen LogP contribution in [0.5, 0.6) is 5.75 Å². The number of nitrogens with one attached hydrogen (secondary N) is 1. The molecule has 172 valence electrons. The lowest BCUT2D eigenvalue weighted by Gasteiger charge is -2.26. The first-order valence-corrected chi connectivity index (χ1v) is 12.0. The van der Waals surface area contributed by atoms with Crippen LogP contribution in [0.25, 0.3) is 22.2 Å². The molecule has 0 spiro atoms. The van der Waals surface area contributed by atoms with Crippen molar-refractivity contribution in [3.8, 4) is 16.9 Å². The Balaban J connectivity index is 1.22. The number of imidazole rings is 1. The van der Waals surface area contributed by atoms with Crippen molar-refractivity contribution in [3.05, 3.63) is 83.7 Å². The number of urea groups is 1. The van der Waals surface area contributed by atoms with E-state index < -0.39 is 0 Å². The Hall–Kier alpha value is -3.80. The van der Waals surface area contributed by atoms with Crippen LogP contribution in [0.4, 0.5) is 4.79 Å². The zero-order valence-corrected chi connectivity index (χ0v) is 19.3. The number of hydrogen-bond acceptors (Lipinski definition) is 3. The van der Waals surface area contributed by atoms with E-state index in [-0.39, 0.29) is 6.03 Å². The molecule has 1 unspecified atom stereocenters. The highest BCUT2D eigenvalue weighted by Gasteiger charge is 2.31. The molecule has 1 saturated heterocycles. The quantitative estimate of drug-likeness (QED) is 0.446. The predicted molar refractivity (Wildman–Crippen MR) is 133 cm³/mol. The van der Waals surface area contributed by atoms with Gasteiger partial charge in [-0.05, 0) is 54.3 Å². The van der Waals surface area contributed by atoms with Crippen LogP contribution in [0.15, 0.2) is 66.7 Å². The Labute approximate surface area is 199 Å². The molecule has 3 aromatic carbocycles. The average Bonchev–Trinajstić information content (AvgIpc) is 3.44. The van der Waals surface area contributed by atoms with E-state index >= 15 is 0 Å². The van der Waals surface area contributed by atoms with E-state index in [0.29, 0.717) is 25.6 Å². The number of aromatic nitrogens is 2. The molecule has 34 heavy (non-hydrogen) atoms. The van der Waals surface area contributed by atoms with Gasteiger partial charge in [0.05, 0.1) is 24.1 Å². The maximum absolute atomic E-state index is 13.4. The van der Waals surface area contributed by atoms with Crippen molar-refractivity contribution in [3.63, 3.8) is 0 Å². The topological polar surface area (TPSA) is 61.5 Å². The molecule has 1 atom stereocenters. The van der Waals surface area contributed by atoms with Crippen LogP contribution in [-0.4, -0.2) is 52.0 Å². The third kappa shape index (κ3) is 3.89. The van der Waals surface area contributed by atoms with E-state index in [0.717, 1.165) is 58.8 Å².